The fourth-order valence-corrected chi connectivity index (χ4v) is 2.48. The van der Waals surface area contributed by atoms with E-state index in [0.717, 1.165) is 0 Å². The van der Waals surface area contributed by atoms with Crippen LogP contribution in [0.1, 0.15) is 20.3 Å². The summed E-state index contributed by atoms with van der Waals surface area (Å²) >= 11 is 0. The summed E-state index contributed by atoms with van der Waals surface area (Å²) in [6, 6.07) is 9.01. The molecule has 6 nitrogen and oxygen atoms in total. The average molecular weight is 306 g/mol. The predicted molar refractivity (Wildman–Crippen MR) is 82.3 cm³/mol. The lowest BCUT2D eigenvalue weighted by Gasteiger charge is -2.26. The van der Waals surface area contributed by atoms with E-state index >= 15 is 0 Å². The Morgan fingerprint density at radius 2 is 2.05 bits per heavy atom. The van der Waals surface area contributed by atoms with Crippen LogP contribution in [0.25, 0.3) is 0 Å². The number of ether oxygens (including phenoxy) is 1. The highest BCUT2D eigenvalue weighted by Gasteiger charge is 2.49. The maximum Gasteiger partial charge on any atom is 0.412 e. The van der Waals surface area contributed by atoms with Gasteiger partial charge in [0.1, 0.15) is 0 Å². The van der Waals surface area contributed by atoms with Crippen molar-refractivity contribution in [3.05, 3.63) is 30.3 Å². The molecule has 1 aliphatic rings. The van der Waals surface area contributed by atoms with E-state index in [9.17, 15) is 14.7 Å². The second kappa shape index (κ2) is 6.36. The van der Waals surface area contributed by atoms with Gasteiger partial charge in [0.25, 0.3) is 11.7 Å². The number of nitrogens with zero attached hydrogens (tertiary/aromatic N) is 2. The average Bonchev–Trinajstić information content (AvgIpc) is 2.75. The Balaban J connectivity index is 2.06. The van der Waals surface area contributed by atoms with Gasteiger partial charge in [-0.3, -0.25) is 4.79 Å². The number of carbonyl (C=O) groups excluding carboxylic acids is 2. The molecule has 2 amide bonds. The second-order valence-corrected chi connectivity index (χ2v) is 5.97. The van der Waals surface area contributed by atoms with Crippen LogP contribution in [0.5, 0.6) is 0 Å². The lowest BCUT2D eigenvalue weighted by atomic mass is 10.2. The van der Waals surface area contributed by atoms with Gasteiger partial charge in [0.05, 0.1) is 0 Å². The Hall–Kier alpha value is -2.08. The van der Waals surface area contributed by atoms with Crippen LogP contribution in [-0.4, -0.2) is 47.9 Å². The predicted octanol–water partition coefficient (Wildman–Crippen LogP) is 1.84. The van der Waals surface area contributed by atoms with E-state index in [2.05, 4.69) is 0 Å². The van der Waals surface area contributed by atoms with Crippen LogP contribution in [0.3, 0.4) is 0 Å². The maximum atomic E-state index is 12.4. The number of aliphatic hydroxyl groups is 1. The fraction of sp³-hybridized carbons (Fsp3) is 0.500. The molecule has 1 heterocycles. The van der Waals surface area contributed by atoms with Crippen LogP contribution in [0.15, 0.2) is 30.3 Å². The van der Waals surface area contributed by atoms with E-state index in [1.807, 2.05) is 32.0 Å². The molecule has 0 unspecified atom stereocenters. The van der Waals surface area contributed by atoms with Gasteiger partial charge in [-0.1, -0.05) is 32.0 Å². The summed E-state index contributed by atoms with van der Waals surface area (Å²) in [5, 5.41) is 10.4. The van der Waals surface area contributed by atoms with Gasteiger partial charge in [0.15, 0.2) is 0 Å². The minimum absolute atomic E-state index is 0.0575. The molecule has 1 aromatic rings. The molecule has 2 rings (SSSR count). The molecule has 22 heavy (non-hydrogen) atoms. The highest BCUT2D eigenvalue weighted by atomic mass is 16.7. The van der Waals surface area contributed by atoms with Crippen molar-refractivity contribution in [3.63, 3.8) is 0 Å². The SMILES string of the molecule is CC(C)CN(C)C(=O)O[C@@]1(O)CCN(c2ccccc2)C1=O. The van der Waals surface area contributed by atoms with Crippen molar-refractivity contribution in [2.75, 3.05) is 25.0 Å². The van der Waals surface area contributed by atoms with Crippen molar-refractivity contribution in [1.29, 1.82) is 0 Å². The minimum atomic E-state index is -2.09. The van der Waals surface area contributed by atoms with Crippen molar-refractivity contribution in [2.24, 2.45) is 5.92 Å². The Morgan fingerprint density at radius 1 is 1.41 bits per heavy atom. The monoisotopic (exact) mass is 306 g/mol. The van der Waals surface area contributed by atoms with Gasteiger partial charge >= 0.3 is 6.09 Å². The number of carbonyl (C=O) groups is 2. The van der Waals surface area contributed by atoms with Gasteiger partial charge < -0.3 is 19.6 Å². The Bertz CT molecular complexity index is 546. The zero-order chi connectivity index (χ0) is 16.3. The molecule has 6 heteroatoms. The second-order valence-electron chi connectivity index (χ2n) is 5.97. The third-order valence-corrected chi connectivity index (χ3v) is 3.53. The van der Waals surface area contributed by atoms with E-state index in [-0.39, 0.29) is 12.3 Å². The molecule has 0 saturated carbocycles. The number of para-hydroxylation sites is 1. The third-order valence-electron chi connectivity index (χ3n) is 3.53. The summed E-state index contributed by atoms with van der Waals surface area (Å²) in [7, 11) is 1.58. The molecular formula is C16H22N2O4. The van der Waals surface area contributed by atoms with E-state index in [1.165, 1.54) is 9.80 Å². The molecule has 0 spiro atoms. The molecular weight excluding hydrogens is 284 g/mol. The van der Waals surface area contributed by atoms with Crippen LogP contribution in [0, 0.1) is 5.92 Å². The molecule has 0 bridgehead atoms. The summed E-state index contributed by atoms with van der Waals surface area (Å²) in [6.07, 6.45) is -0.637. The summed E-state index contributed by atoms with van der Waals surface area (Å²) in [4.78, 5) is 27.2. The fourth-order valence-electron chi connectivity index (χ4n) is 2.48. The van der Waals surface area contributed by atoms with Crippen molar-refractivity contribution in [2.45, 2.75) is 26.1 Å². The van der Waals surface area contributed by atoms with Crippen LogP contribution in [0.2, 0.25) is 0 Å². The zero-order valence-electron chi connectivity index (χ0n) is 13.2. The molecule has 1 atom stereocenters. The molecule has 1 aliphatic heterocycles. The largest absolute Gasteiger partial charge is 0.412 e. The molecule has 1 fully saturated rings. The normalized spacial score (nSPS) is 21.3. The third kappa shape index (κ3) is 3.39. The van der Waals surface area contributed by atoms with Crippen molar-refractivity contribution >= 4 is 17.7 Å². The first-order valence-electron chi connectivity index (χ1n) is 7.37. The van der Waals surface area contributed by atoms with Gasteiger partial charge in [0.2, 0.25) is 0 Å². The Morgan fingerprint density at radius 3 is 2.64 bits per heavy atom. The van der Waals surface area contributed by atoms with Gasteiger partial charge in [-0.15, -0.1) is 0 Å². The van der Waals surface area contributed by atoms with Crippen molar-refractivity contribution < 1.29 is 19.4 Å². The van der Waals surface area contributed by atoms with E-state index in [4.69, 9.17) is 4.74 Å². The number of benzene rings is 1. The van der Waals surface area contributed by atoms with Crippen LogP contribution >= 0.6 is 0 Å². The lowest BCUT2D eigenvalue weighted by molar-refractivity contribution is -0.178. The lowest BCUT2D eigenvalue weighted by Crippen LogP contribution is -2.46. The quantitative estimate of drug-likeness (QED) is 0.862. The standard InChI is InChI=1S/C16H22N2O4/c1-12(2)11-17(3)15(20)22-16(21)9-10-18(14(16)19)13-7-5-4-6-8-13/h4-8,12,21H,9-11H2,1-3H3/t16-/m0/s1. The van der Waals surface area contributed by atoms with Gasteiger partial charge in [-0.25, -0.2) is 4.79 Å². The Labute approximate surface area is 130 Å². The molecule has 1 aromatic carbocycles. The van der Waals surface area contributed by atoms with Crippen molar-refractivity contribution in [1.82, 2.24) is 4.90 Å². The van der Waals surface area contributed by atoms with E-state index in [1.54, 1.807) is 19.2 Å². The van der Waals surface area contributed by atoms with Crippen LogP contribution in [0.4, 0.5) is 10.5 Å². The molecule has 120 valence electrons. The number of rotatable bonds is 4. The summed E-state index contributed by atoms with van der Waals surface area (Å²) in [5.74, 6) is -2.42. The first-order chi connectivity index (χ1) is 10.3. The van der Waals surface area contributed by atoms with E-state index < -0.39 is 17.8 Å². The molecule has 1 saturated heterocycles. The van der Waals surface area contributed by atoms with Gasteiger partial charge in [-0.2, -0.15) is 0 Å². The highest BCUT2D eigenvalue weighted by Crippen LogP contribution is 2.29. The van der Waals surface area contributed by atoms with Crippen molar-refractivity contribution in [3.8, 4) is 0 Å². The number of anilines is 1. The summed E-state index contributed by atoms with van der Waals surface area (Å²) < 4.78 is 5.08. The van der Waals surface area contributed by atoms with Crippen LogP contribution in [-0.2, 0) is 9.53 Å². The molecule has 1 N–H and O–H groups in total. The van der Waals surface area contributed by atoms with Gasteiger partial charge in [0, 0.05) is 32.2 Å². The van der Waals surface area contributed by atoms with E-state index in [0.29, 0.717) is 18.8 Å². The number of amides is 2. The van der Waals surface area contributed by atoms with Crippen LogP contribution < -0.4 is 4.90 Å². The Kier molecular flexibility index (Phi) is 4.71. The number of hydrogen-bond acceptors (Lipinski definition) is 4. The molecule has 0 aromatic heterocycles. The maximum absolute atomic E-state index is 12.4. The smallest absolute Gasteiger partial charge is 0.407 e. The first-order valence-corrected chi connectivity index (χ1v) is 7.37. The first kappa shape index (κ1) is 16.3. The zero-order valence-corrected chi connectivity index (χ0v) is 13.2. The molecule has 0 aliphatic carbocycles. The topological polar surface area (TPSA) is 70.1 Å². The van der Waals surface area contributed by atoms with Gasteiger partial charge in [-0.05, 0) is 18.1 Å². The highest BCUT2D eigenvalue weighted by molar-refractivity contribution is 6.01. The summed E-state index contributed by atoms with van der Waals surface area (Å²) in [6.45, 7) is 4.73. The molecule has 0 radical (unpaired) electrons. The summed E-state index contributed by atoms with van der Waals surface area (Å²) in [5.41, 5.74) is 0.676. The number of hydrogen-bond donors (Lipinski definition) is 1. The minimum Gasteiger partial charge on any atom is -0.407 e.